The molecule has 0 amide bonds. The zero-order valence-electron chi connectivity index (χ0n) is 16.4. The second-order valence-electron chi connectivity index (χ2n) is 6.73. The molecule has 1 aliphatic rings. The van der Waals surface area contributed by atoms with Crippen LogP contribution >= 0.6 is 0 Å². The number of ether oxygens (including phenoxy) is 1. The van der Waals surface area contributed by atoms with Crippen LogP contribution in [0.4, 0.5) is 0 Å². The smallest absolute Gasteiger partial charge is 0.214 e. The molecule has 1 aromatic carbocycles. The summed E-state index contributed by atoms with van der Waals surface area (Å²) < 4.78 is 11.0. The van der Waals surface area contributed by atoms with Gasteiger partial charge >= 0.3 is 0 Å². The van der Waals surface area contributed by atoms with Crippen molar-refractivity contribution < 1.29 is 9.15 Å². The van der Waals surface area contributed by atoms with Crippen molar-refractivity contribution in [1.29, 1.82) is 0 Å². The predicted octanol–water partition coefficient (Wildman–Crippen LogP) is 1.99. The van der Waals surface area contributed by atoms with Crippen LogP contribution in [0, 0.1) is 13.8 Å². The van der Waals surface area contributed by atoms with Crippen LogP contribution in [0.3, 0.4) is 0 Å². The van der Waals surface area contributed by atoms with E-state index in [-0.39, 0.29) is 0 Å². The lowest BCUT2D eigenvalue weighted by molar-refractivity contribution is 0.0342. The number of hydrogen-bond acceptors (Lipinski definition) is 5. The van der Waals surface area contributed by atoms with Crippen molar-refractivity contribution in [2.24, 2.45) is 4.99 Å². The summed E-state index contributed by atoms with van der Waals surface area (Å²) in [6.07, 6.45) is 0. The lowest BCUT2D eigenvalue weighted by Gasteiger charge is -2.26. The molecule has 0 unspecified atom stereocenters. The van der Waals surface area contributed by atoms with Crippen LogP contribution in [0.1, 0.15) is 28.5 Å². The standard InChI is InChI=1S/C20H29N5O2/c1-15-16(2)27-19(24-15)13-23-20(21-3)22-12-17-4-6-18(7-5-17)14-25-8-10-26-11-9-25/h4-7H,8-14H2,1-3H3,(H2,21,22,23). The Labute approximate surface area is 160 Å². The van der Waals surface area contributed by atoms with Gasteiger partial charge in [0.25, 0.3) is 0 Å². The second kappa shape index (κ2) is 9.53. The Morgan fingerprint density at radius 1 is 1.07 bits per heavy atom. The molecule has 2 aromatic rings. The molecule has 7 nitrogen and oxygen atoms in total. The Morgan fingerprint density at radius 2 is 1.74 bits per heavy atom. The summed E-state index contributed by atoms with van der Waals surface area (Å²) in [6.45, 7) is 9.74. The molecule has 1 aliphatic heterocycles. The highest BCUT2D eigenvalue weighted by atomic mass is 16.5. The van der Waals surface area contributed by atoms with E-state index in [4.69, 9.17) is 9.15 Å². The monoisotopic (exact) mass is 371 g/mol. The van der Waals surface area contributed by atoms with Crippen molar-refractivity contribution in [3.8, 4) is 0 Å². The number of guanidine groups is 1. The number of rotatable bonds is 6. The van der Waals surface area contributed by atoms with Gasteiger partial charge in [-0.25, -0.2) is 4.98 Å². The van der Waals surface area contributed by atoms with Gasteiger partial charge in [-0.2, -0.15) is 0 Å². The minimum atomic E-state index is 0.507. The molecular formula is C20H29N5O2. The van der Waals surface area contributed by atoms with Gasteiger partial charge in [0.2, 0.25) is 5.89 Å². The third-order valence-electron chi connectivity index (χ3n) is 4.70. The van der Waals surface area contributed by atoms with E-state index in [1.54, 1.807) is 7.05 Å². The van der Waals surface area contributed by atoms with Crippen LogP contribution in [0.15, 0.2) is 33.7 Å². The highest BCUT2D eigenvalue weighted by molar-refractivity contribution is 5.79. The van der Waals surface area contributed by atoms with Gasteiger partial charge in [0.15, 0.2) is 5.96 Å². The van der Waals surface area contributed by atoms with E-state index in [9.17, 15) is 0 Å². The van der Waals surface area contributed by atoms with E-state index in [0.717, 1.165) is 50.3 Å². The van der Waals surface area contributed by atoms with E-state index in [0.29, 0.717) is 19.0 Å². The summed E-state index contributed by atoms with van der Waals surface area (Å²) in [5.41, 5.74) is 3.47. The fraction of sp³-hybridized carbons (Fsp3) is 0.500. The zero-order valence-corrected chi connectivity index (χ0v) is 16.4. The van der Waals surface area contributed by atoms with Crippen molar-refractivity contribution in [1.82, 2.24) is 20.5 Å². The lowest BCUT2D eigenvalue weighted by Crippen LogP contribution is -2.36. The number of nitrogens with one attached hydrogen (secondary N) is 2. The Morgan fingerprint density at radius 3 is 2.37 bits per heavy atom. The largest absolute Gasteiger partial charge is 0.444 e. The van der Waals surface area contributed by atoms with E-state index < -0.39 is 0 Å². The molecule has 0 radical (unpaired) electrons. The van der Waals surface area contributed by atoms with E-state index >= 15 is 0 Å². The maximum Gasteiger partial charge on any atom is 0.214 e. The van der Waals surface area contributed by atoms with Crippen LogP contribution in [-0.2, 0) is 24.4 Å². The first-order valence-electron chi connectivity index (χ1n) is 9.39. The molecule has 0 atom stereocenters. The predicted molar refractivity (Wildman–Crippen MR) is 106 cm³/mol. The van der Waals surface area contributed by atoms with Crippen molar-refractivity contribution in [3.63, 3.8) is 0 Å². The van der Waals surface area contributed by atoms with Crippen LogP contribution < -0.4 is 10.6 Å². The van der Waals surface area contributed by atoms with E-state index in [1.165, 1.54) is 11.1 Å². The number of benzene rings is 1. The highest BCUT2D eigenvalue weighted by Crippen LogP contribution is 2.10. The normalized spacial score (nSPS) is 15.7. The summed E-state index contributed by atoms with van der Waals surface area (Å²) in [6, 6.07) is 8.72. The lowest BCUT2D eigenvalue weighted by atomic mass is 10.1. The van der Waals surface area contributed by atoms with Crippen LogP contribution in [-0.4, -0.2) is 49.2 Å². The van der Waals surface area contributed by atoms with Gasteiger partial charge in [-0.15, -0.1) is 0 Å². The van der Waals surface area contributed by atoms with Gasteiger partial charge in [-0.05, 0) is 25.0 Å². The second-order valence-corrected chi connectivity index (χ2v) is 6.73. The molecule has 0 saturated carbocycles. The first-order valence-corrected chi connectivity index (χ1v) is 9.39. The molecule has 2 N–H and O–H groups in total. The maximum absolute atomic E-state index is 5.58. The SMILES string of the molecule is CN=C(NCc1ccc(CN2CCOCC2)cc1)NCc1nc(C)c(C)o1. The Bertz CT molecular complexity index is 729. The van der Waals surface area contributed by atoms with Crippen LogP contribution in [0.25, 0.3) is 0 Å². The Kier molecular flexibility index (Phi) is 6.84. The minimum Gasteiger partial charge on any atom is -0.444 e. The zero-order chi connectivity index (χ0) is 19.1. The summed E-state index contributed by atoms with van der Waals surface area (Å²) in [5, 5.41) is 6.55. The van der Waals surface area contributed by atoms with Gasteiger partial charge in [0.1, 0.15) is 5.76 Å². The van der Waals surface area contributed by atoms with E-state index in [2.05, 4.69) is 49.8 Å². The summed E-state index contributed by atoms with van der Waals surface area (Å²) in [5.74, 6) is 2.24. The van der Waals surface area contributed by atoms with Crippen molar-refractivity contribution >= 4 is 5.96 Å². The number of aromatic nitrogens is 1. The number of aryl methyl sites for hydroxylation is 2. The van der Waals surface area contributed by atoms with Gasteiger partial charge in [0, 0.05) is 33.2 Å². The van der Waals surface area contributed by atoms with Crippen LogP contribution in [0.5, 0.6) is 0 Å². The molecule has 1 saturated heterocycles. The first-order chi connectivity index (χ1) is 13.1. The molecule has 0 bridgehead atoms. The molecule has 27 heavy (non-hydrogen) atoms. The highest BCUT2D eigenvalue weighted by Gasteiger charge is 2.10. The molecule has 0 aliphatic carbocycles. The number of aliphatic imine (C=N–C) groups is 1. The molecule has 7 heteroatoms. The fourth-order valence-corrected chi connectivity index (χ4v) is 2.96. The van der Waals surface area contributed by atoms with Gasteiger partial charge in [-0.3, -0.25) is 9.89 Å². The molecule has 1 fully saturated rings. The van der Waals surface area contributed by atoms with Gasteiger partial charge in [0.05, 0.1) is 25.5 Å². The van der Waals surface area contributed by atoms with Crippen molar-refractivity contribution in [2.45, 2.75) is 33.5 Å². The number of oxazole rings is 1. The van der Waals surface area contributed by atoms with Crippen LogP contribution in [0.2, 0.25) is 0 Å². The molecule has 3 rings (SSSR count). The first kappa shape index (κ1) is 19.4. The van der Waals surface area contributed by atoms with Crippen molar-refractivity contribution in [2.75, 3.05) is 33.4 Å². The molecule has 2 heterocycles. The maximum atomic E-state index is 5.58. The summed E-state index contributed by atoms with van der Waals surface area (Å²) in [7, 11) is 1.76. The summed E-state index contributed by atoms with van der Waals surface area (Å²) >= 11 is 0. The minimum absolute atomic E-state index is 0.507. The van der Waals surface area contributed by atoms with Gasteiger partial charge < -0.3 is 19.8 Å². The molecule has 146 valence electrons. The average molecular weight is 371 g/mol. The van der Waals surface area contributed by atoms with Crippen molar-refractivity contribution in [3.05, 3.63) is 52.7 Å². The third-order valence-corrected chi connectivity index (χ3v) is 4.70. The van der Waals surface area contributed by atoms with E-state index in [1.807, 2.05) is 13.8 Å². The third kappa shape index (κ3) is 5.80. The topological polar surface area (TPSA) is 74.9 Å². The van der Waals surface area contributed by atoms with Gasteiger partial charge in [-0.1, -0.05) is 24.3 Å². The number of morpholine rings is 1. The molecular weight excluding hydrogens is 342 g/mol. The average Bonchev–Trinajstić information content (AvgIpc) is 3.01. The quantitative estimate of drug-likeness (QED) is 0.598. The molecule has 1 aromatic heterocycles. The number of hydrogen-bond donors (Lipinski definition) is 2. The summed E-state index contributed by atoms with van der Waals surface area (Å²) in [4.78, 5) is 11.0. The molecule has 0 spiro atoms. The Balaban J connectivity index is 1.44. The number of nitrogens with zero attached hydrogens (tertiary/aromatic N) is 3. The Hall–Kier alpha value is -2.38. The fourth-order valence-electron chi connectivity index (χ4n) is 2.96.